The van der Waals surface area contributed by atoms with E-state index in [9.17, 15) is 0 Å². The maximum atomic E-state index is 5.26. The lowest BCUT2D eigenvalue weighted by Crippen LogP contribution is -2.28. The van der Waals surface area contributed by atoms with Gasteiger partial charge in [0.05, 0.1) is 0 Å². The highest BCUT2D eigenvalue weighted by atomic mass is 32.2. The minimum atomic E-state index is 0.738. The van der Waals surface area contributed by atoms with E-state index in [1.165, 1.54) is 0 Å². The molecule has 1 saturated heterocycles. The molecule has 0 bridgehead atoms. The number of thioether (sulfide) groups is 1. The second-order valence-corrected chi connectivity index (χ2v) is 4.93. The van der Waals surface area contributed by atoms with Gasteiger partial charge in [-0.3, -0.25) is 0 Å². The van der Waals surface area contributed by atoms with Gasteiger partial charge in [-0.25, -0.2) is 0 Å². The quantitative estimate of drug-likeness (QED) is 0.406. The topological polar surface area (TPSA) is 3.24 Å². The van der Waals surface area contributed by atoms with Gasteiger partial charge in [0.25, 0.3) is 0 Å². The average molecular weight is 229 g/mol. The molecule has 0 unspecified atom stereocenters. The molecule has 1 fully saturated rings. The Balaban J connectivity index is 2.82. The van der Waals surface area contributed by atoms with Crippen molar-refractivity contribution in [2.45, 2.75) is 13.8 Å². The summed E-state index contributed by atoms with van der Waals surface area (Å²) in [5.74, 6) is 0. The van der Waals surface area contributed by atoms with Crippen LogP contribution in [-0.2, 0) is 0 Å². The van der Waals surface area contributed by atoms with Crippen LogP contribution in [-0.4, -0.2) is 20.8 Å². The van der Waals surface area contributed by atoms with E-state index in [1.807, 2.05) is 24.8 Å². The molecule has 0 spiro atoms. The van der Waals surface area contributed by atoms with E-state index in [0.717, 1.165) is 26.3 Å². The van der Waals surface area contributed by atoms with Gasteiger partial charge < -0.3 is 4.90 Å². The highest BCUT2D eigenvalue weighted by Crippen LogP contribution is 2.31. The minimum Gasteiger partial charge on any atom is -0.313 e. The van der Waals surface area contributed by atoms with E-state index in [0.29, 0.717) is 0 Å². The average Bonchev–Trinajstić information content (AvgIpc) is 2.31. The van der Waals surface area contributed by atoms with Crippen molar-refractivity contribution in [1.29, 1.82) is 0 Å². The summed E-state index contributed by atoms with van der Waals surface area (Å²) < 4.78 is 0.834. The molecule has 1 nitrogen and oxygen atoms in total. The van der Waals surface area contributed by atoms with Crippen LogP contribution in [0.5, 0.6) is 0 Å². The van der Waals surface area contributed by atoms with Crippen LogP contribution in [0.4, 0.5) is 0 Å². The summed E-state index contributed by atoms with van der Waals surface area (Å²) in [6.45, 7) is 8.54. The van der Waals surface area contributed by atoms with Crippen LogP contribution in [0.2, 0.25) is 0 Å². The number of hydrogen-bond donors (Lipinski definition) is 0. The number of rotatable bonds is 2. The molecule has 1 rings (SSSR count). The molecule has 0 aromatic heterocycles. The molecule has 0 aliphatic carbocycles. The molecule has 4 heteroatoms. The second-order valence-electron chi connectivity index (χ2n) is 2.87. The summed E-state index contributed by atoms with van der Waals surface area (Å²) >= 11 is 12.0. The molecule has 1 heterocycles. The Kier molecular flexibility index (Phi) is 3.64. The van der Waals surface area contributed by atoms with Crippen LogP contribution in [0.1, 0.15) is 13.8 Å². The Bertz CT molecular complexity index is 304. The van der Waals surface area contributed by atoms with Crippen LogP contribution in [0, 0.1) is 0 Å². The number of thiocarbonyl (C=S) groups is 2. The van der Waals surface area contributed by atoms with Crippen LogP contribution in [0.25, 0.3) is 0 Å². The smallest absolute Gasteiger partial charge is 0.146 e. The lowest BCUT2D eigenvalue weighted by atomic mass is 10.3. The standard InChI is InChI=1S/C9H11NS3/c1-4-7-8(11)10(5-6(2)3)9(12)13-7/h4H,2,5H2,1,3H3/b7-4-. The van der Waals surface area contributed by atoms with Gasteiger partial charge in [0.15, 0.2) is 0 Å². The van der Waals surface area contributed by atoms with Gasteiger partial charge in [-0.15, -0.1) is 0 Å². The SMILES string of the molecule is C=C(C)CN1C(=S)S/C(=C\C)C1=S. The third kappa shape index (κ3) is 2.39. The lowest BCUT2D eigenvalue weighted by molar-refractivity contribution is 0.703. The molecule has 0 radical (unpaired) electrons. The molecular weight excluding hydrogens is 218 g/mol. The van der Waals surface area contributed by atoms with Crippen molar-refractivity contribution in [3.63, 3.8) is 0 Å². The highest BCUT2D eigenvalue weighted by molar-refractivity contribution is 8.27. The molecule has 70 valence electrons. The van der Waals surface area contributed by atoms with Gasteiger partial charge in [0.2, 0.25) is 0 Å². The van der Waals surface area contributed by atoms with Crippen molar-refractivity contribution in [2.75, 3.05) is 6.54 Å². The maximum Gasteiger partial charge on any atom is 0.146 e. The largest absolute Gasteiger partial charge is 0.313 e. The zero-order valence-corrected chi connectivity index (χ0v) is 10.1. The van der Waals surface area contributed by atoms with E-state index in [4.69, 9.17) is 24.4 Å². The van der Waals surface area contributed by atoms with Crippen LogP contribution >= 0.6 is 36.2 Å². The summed E-state index contributed by atoms with van der Waals surface area (Å²) in [5, 5.41) is 0. The number of hydrogen-bond acceptors (Lipinski definition) is 3. The minimum absolute atomic E-state index is 0.738. The Morgan fingerprint density at radius 1 is 1.62 bits per heavy atom. The monoisotopic (exact) mass is 229 g/mol. The third-order valence-corrected chi connectivity index (χ3v) is 3.65. The fraction of sp³-hybridized carbons (Fsp3) is 0.333. The molecule has 0 aromatic rings. The fourth-order valence-electron chi connectivity index (χ4n) is 0.997. The third-order valence-electron chi connectivity index (χ3n) is 1.56. The van der Waals surface area contributed by atoms with Gasteiger partial charge in [0, 0.05) is 11.4 Å². The first-order valence-electron chi connectivity index (χ1n) is 3.90. The van der Waals surface area contributed by atoms with E-state index < -0.39 is 0 Å². The lowest BCUT2D eigenvalue weighted by Gasteiger charge is -2.16. The summed E-state index contributed by atoms with van der Waals surface area (Å²) in [4.78, 5) is 3.87. The predicted octanol–water partition coefficient (Wildman–Crippen LogP) is 3.13. The summed E-state index contributed by atoms with van der Waals surface area (Å²) in [6.07, 6.45) is 2.00. The fourth-order valence-corrected chi connectivity index (χ4v) is 2.71. The predicted molar refractivity (Wildman–Crippen MR) is 68.1 cm³/mol. The highest BCUT2D eigenvalue weighted by Gasteiger charge is 2.27. The summed E-state index contributed by atoms with van der Waals surface area (Å²) in [5.41, 5.74) is 1.07. The number of allylic oxidation sites excluding steroid dienone is 1. The van der Waals surface area contributed by atoms with Crippen molar-refractivity contribution < 1.29 is 0 Å². The molecule has 0 atom stereocenters. The molecule has 1 aliphatic rings. The molecule has 0 amide bonds. The molecular formula is C9H11NS3. The van der Waals surface area contributed by atoms with Gasteiger partial charge in [-0.05, 0) is 13.8 Å². The molecule has 13 heavy (non-hydrogen) atoms. The van der Waals surface area contributed by atoms with Crippen molar-refractivity contribution in [2.24, 2.45) is 0 Å². The van der Waals surface area contributed by atoms with Crippen molar-refractivity contribution in [3.05, 3.63) is 23.1 Å². The Labute approximate surface area is 93.9 Å². The maximum absolute atomic E-state index is 5.26. The van der Waals surface area contributed by atoms with E-state index in [-0.39, 0.29) is 0 Å². The van der Waals surface area contributed by atoms with Gasteiger partial charge >= 0.3 is 0 Å². The molecule has 0 N–H and O–H groups in total. The van der Waals surface area contributed by atoms with E-state index in [2.05, 4.69) is 6.58 Å². The first-order valence-corrected chi connectivity index (χ1v) is 5.54. The van der Waals surface area contributed by atoms with Crippen LogP contribution in [0.3, 0.4) is 0 Å². The van der Waals surface area contributed by atoms with Crippen molar-refractivity contribution in [3.8, 4) is 0 Å². The summed E-state index contributed by atoms with van der Waals surface area (Å²) in [7, 11) is 0. The van der Waals surface area contributed by atoms with Gasteiger partial charge in [-0.1, -0.05) is 54.4 Å². The Morgan fingerprint density at radius 2 is 2.23 bits per heavy atom. The van der Waals surface area contributed by atoms with E-state index in [1.54, 1.807) is 11.8 Å². The first-order chi connectivity index (χ1) is 6.06. The zero-order valence-electron chi connectivity index (χ0n) is 7.66. The van der Waals surface area contributed by atoms with Crippen molar-refractivity contribution >= 4 is 45.5 Å². The number of nitrogens with zero attached hydrogens (tertiary/aromatic N) is 1. The normalized spacial score (nSPS) is 20.2. The summed E-state index contributed by atoms with van der Waals surface area (Å²) in [6, 6.07) is 0. The van der Waals surface area contributed by atoms with Crippen LogP contribution in [0.15, 0.2) is 23.1 Å². The Morgan fingerprint density at radius 3 is 2.62 bits per heavy atom. The van der Waals surface area contributed by atoms with Gasteiger partial charge in [-0.2, -0.15) is 0 Å². The zero-order chi connectivity index (χ0) is 10.0. The molecule has 0 saturated carbocycles. The van der Waals surface area contributed by atoms with Crippen LogP contribution < -0.4 is 0 Å². The second kappa shape index (κ2) is 4.35. The Hall–Kier alpha value is -0.190. The van der Waals surface area contributed by atoms with Gasteiger partial charge in [0.1, 0.15) is 9.31 Å². The molecule has 1 aliphatic heterocycles. The van der Waals surface area contributed by atoms with Crippen molar-refractivity contribution in [1.82, 2.24) is 4.90 Å². The first kappa shape index (κ1) is 10.9. The van der Waals surface area contributed by atoms with E-state index >= 15 is 0 Å². The molecule has 0 aromatic carbocycles.